The number of aryl methyl sites for hydroxylation is 1. The van der Waals surface area contributed by atoms with Crippen LogP contribution in [0.4, 0.5) is 0 Å². The largest absolute Gasteiger partial charge is 0.315 e. The van der Waals surface area contributed by atoms with Gasteiger partial charge in [0.05, 0.1) is 6.20 Å². The van der Waals surface area contributed by atoms with Gasteiger partial charge in [0.15, 0.2) is 0 Å². The Morgan fingerprint density at radius 3 is 2.95 bits per heavy atom. The van der Waals surface area contributed by atoms with Gasteiger partial charge in [0.2, 0.25) is 0 Å². The van der Waals surface area contributed by atoms with E-state index in [0.717, 1.165) is 32.6 Å². The average molecular weight is 278 g/mol. The summed E-state index contributed by atoms with van der Waals surface area (Å²) in [6.45, 7) is 4.09. The molecule has 0 unspecified atom stereocenters. The highest BCUT2D eigenvalue weighted by Crippen LogP contribution is 2.05. The SMILES string of the molecule is CN(CCNCCc1ccsc1)Cc1cnn(C)c1. The summed E-state index contributed by atoms with van der Waals surface area (Å²) in [4.78, 5) is 2.31. The molecule has 0 aliphatic rings. The van der Waals surface area contributed by atoms with Crippen molar-refractivity contribution in [2.45, 2.75) is 13.0 Å². The molecule has 1 N–H and O–H groups in total. The van der Waals surface area contributed by atoms with Gasteiger partial charge in [0.25, 0.3) is 0 Å². The van der Waals surface area contributed by atoms with E-state index in [4.69, 9.17) is 0 Å². The number of rotatable bonds is 8. The molecule has 104 valence electrons. The molecule has 0 radical (unpaired) electrons. The Bertz CT molecular complexity index is 464. The van der Waals surface area contributed by atoms with Gasteiger partial charge in [-0.05, 0) is 42.4 Å². The van der Waals surface area contributed by atoms with Crippen molar-refractivity contribution in [3.05, 3.63) is 40.3 Å². The molecule has 19 heavy (non-hydrogen) atoms. The zero-order valence-electron chi connectivity index (χ0n) is 11.7. The fraction of sp³-hybridized carbons (Fsp3) is 0.500. The van der Waals surface area contributed by atoms with Gasteiger partial charge in [-0.3, -0.25) is 4.68 Å². The lowest BCUT2D eigenvalue weighted by Crippen LogP contribution is -2.29. The van der Waals surface area contributed by atoms with Crippen LogP contribution in [0.25, 0.3) is 0 Å². The van der Waals surface area contributed by atoms with Crippen LogP contribution < -0.4 is 5.32 Å². The van der Waals surface area contributed by atoms with Gasteiger partial charge in [0, 0.05) is 38.4 Å². The normalized spacial score (nSPS) is 11.3. The minimum absolute atomic E-state index is 0.958. The quantitative estimate of drug-likeness (QED) is 0.747. The average Bonchev–Trinajstić information content (AvgIpc) is 3.01. The van der Waals surface area contributed by atoms with E-state index >= 15 is 0 Å². The first-order valence-electron chi connectivity index (χ1n) is 6.62. The first-order valence-corrected chi connectivity index (χ1v) is 7.56. The molecule has 4 nitrogen and oxygen atoms in total. The Labute approximate surface area is 119 Å². The third kappa shape index (κ3) is 5.14. The van der Waals surface area contributed by atoms with Crippen LogP contribution in [0.5, 0.6) is 0 Å². The molecule has 0 aromatic carbocycles. The van der Waals surface area contributed by atoms with Gasteiger partial charge in [0.1, 0.15) is 0 Å². The molecule has 0 aliphatic heterocycles. The number of aromatic nitrogens is 2. The van der Waals surface area contributed by atoms with Crippen molar-refractivity contribution in [2.75, 3.05) is 26.7 Å². The molecule has 0 atom stereocenters. The minimum Gasteiger partial charge on any atom is -0.315 e. The Morgan fingerprint density at radius 2 is 2.26 bits per heavy atom. The monoisotopic (exact) mass is 278 g/mol. The summed E-state index contributed by atoms with van der Waals surface area (Å²) in [6.07, 6.45) is 5.12. The van der Waals surface area contributed by atoms with Crippen LogP contribution in [0.2, 0.25) is 0 Å². The van der Waals surface area contributed by atoms with Crippen LogP contribution in [-0.2, 0) is 20.0 Å². The van der Waals surface area contributed by atoms with E-state index in [0.29, 0.717) is 0 Å². The van der Waals surface area contributed by atoms with Crippen LogP contribution in [0.3, 0.4) is 0 Å². The number of hydrogen-bond donors (Lipinski definition) is 1. The van der Waals surface area contributed by atoms with E-state index in [-0.39, 0.29) is 0 Å². The zero-order valence-corrected chi connectivity index (χ0v) is 12.5. The topological polar surface area (TPSA) is 33.1 Å². The van der Waals surface area contributed by atoms with Crippen LogP contribution in [0, 0.1) is 0 Å². The second kappa shape index (κ2) is 7.43. The summed E-state index contributed by atoms with van der Waals surface area (Å²) >= 11 is 1.77. The molecule has 2 heterocycles. The standard InChI is InChI=1S/C14H22N4S/c1-17(10-14-9-16-18(2)11-14)7-6-15-5-3-13-4-8-19-12-13/h4,8-9,11-12,15H,3,5-7,10H2,1-2H3. The van der Waals surface area contributed by atoms with Crippen molar-refractivity contribution in [1.29, 1.82) is 0 Å². The van der Waals surface area contributed by atoms with Crippen LogP contribution in [0.15, 0.2) is 29.2 Å². The van der Waals surface area contributed by atoms with Crippen molar-refractivity contribution in [1.82, 2.24) is 20.0 Å². The van der Waals surface area contributed by atoms with Gasteiger partial charge in [-0.1, -0.05) is 0 Å². The first-order chi connectivity index (χ1) is 9.24. The third-order valence-corrected chi connectivity index (χ3v) is 3.78. The van der Waals surface area contributed by atoms with Crippen molar-refractivity contribution >= 4 is 11.3 Å². The molecule has 5 heteroatoms. The Balaban J connectivity index is 1.55. The Hall–Kier alpha value is -1.17. The summed E-state index contributed by atoms with van der Waals surface area (Å²) < 4.78 is 1.85. The molecule has 2 aromatic rings. The lowest BCUT2D eigenvalue weighted by Gasteiger charge is -2.15. The Kier molecular flexibility index (Phi) is 5.57. The number of likely N-dealkylation sites (N-methyl/N-ethyl adjacent to an activating group) is 1. The highest BCUT2D eigenvalue weighted by atomic mass is 32.1. The molecule has 2 aromatic heterocycles. The second-order valence-corrected chi connectivity index (χ2v) is 5.67. The smallest absolute Gasteiger partial charge is 0.0534 e. The maximum atomic E-state index is 4.18. The highest BCUT2D eigenvalue weighted by molar-refractivity contribution is 7.07. The molecule has 0 amide bonds. The summed E-state index contributed by atoms with van der Waals surface area (Å²) in [5.41, 5.74) is 2.70. The maximum absolute atomic E-state index is 4.18. The number of nitrogens with one attached hydrogen (secondary N) is 1. The van der Waals surface area contributed by atoms with E-state index in [1.807, 2.05) is 17.9 Å². The van der Waals surface area contributed by atoms with Gasteiger partial charge in [-0.25, -0.2) is 0 Å². The first kappa shape index (κ1) is 14.2. The van der Waals surface area contributed by atoms with E-state index < -0.39 is 0 Å². The molecule has 0 aliphatic carbocycles. The fourth-order valence-corrected chi connectivity index (χ4v) is 2.71. The fourth-order valence-electron chi connectivity index (χ4n) is 2.01. The molecule has 0 bridgehead atoms. The van der Waals surface area contributed by atoms with Crippen LogP contribution >= 0.6 is 11.3 Å². The van der Waals surface area contributed by atoms with Crippen molar-refractivity contribution in [2.24, 2.45) is 7.05 Å². The number of nitrogens with zero attached hydrogens (tertiary/aromatic N) is 3. The summed E-state index contributed by atoms with van der Waals surface area (Å²) in [5.74, 6) is 0. The zero-order chi connectivity index (χ0) is 13.5. The summed E-state index contributed by atoms with van der Waals surface area (Å²) in [5, 5.41) is 12.0. The van der Waals surface area contributed by atoms with Gasteiger partial charge < -0.3 is 10.2 Å². The molecule has 0 spiro atoms. The van der Waals surface area contributed by atoms with E-state index in [2.05, 4.69) is 45.4 Å². The van der Waals surface area contributed by atoms with Crippen LogP contribution in [0.1, 0.15) is 11.1 Å². The highest BCUT2D eigenvalue weighted by Gasteiger charge is 2.01. The lowest BCUT2D eigenvalue weighted by molar-refractivity contribution is 0.325. The second-order valence-electron chi connectivity index (χ2n) is 4.89. The van der Waals surface area contributed by atoms with Crippen LogP contribution in [-0.4, -0.2) is 41.4 Å². The molecule has 0 fully saturated rings. The van der Waals surface area contributed by atoms with Crippen molar-refractivity contribution in [3.8, 4) is 0 Å². The van der Waals surface area contributed by atoms with Crippen molar-refractivity contribution in [3.63, 3.8) is 0 Å². The van der Waals surface area contributed by atoms with Gasteiger partial charge in [-0.15, -0.1) is 0 Å². The Morgan fingerprint density at radius 1 is 1.37 bits per heavy atom. The van der Waals surface area contributed by atoms with Crippen molar-refractivity contribution < 1.29 is 0 Å². The number of hydrogen-bond acceptors (Lipinski definition) is 4. The molecule has 0 saturated carbocycles. The molecule has 2 rings (SSSR count). The predicted octanol–water partition coefficient (Wildman–Crippen LogP) is 1.75. The minimum atomic E-state index is 0.958. The van der Waals surface area contributed by atoms with Gasteiger partial charge >= 0.3 is 0 Å². The van der Waals surface area contributed by atoms with Gasteiger partial charge in [-0.2, -0.15) is 16.4 Å². The number of thiophene rings is 1. The third-order valence-electron chi connectivity index (χ3n) is 3.05. The lowest BCUT2D eigenvalue weighted by atomic mass is 10.2. The summed E-state index contributed by atoms with van der Waals surface area (Å²) in [7, 11) is 4.10. The van der Waals surface area contributed by atoms with E-state index in [1.54, 1.807) is 11.3 Å². The molecule has 0 saturated heterocycles. The van der Waals surface area contributed by atoms with E-state index in [1.165, 1.54) is 11.1 Å². The molecular formula is C14H22N4S. The summed E-state index contributed by atoms with van der Waals surface area (Å²) in [6, 6.07) is 2.20. The van der Waals surface area contributed by atoms with E-state index in [9.17, 15) is 0 Å². The molecular weight excluding hydrogens is 256 g/mol. The maximum Gasteiger partial charge on any atom is 0.0534 e. The predicted molar refractivity (Wildman–Crippen MR) is 80.4 cm³/mol.